The number of hydrogen-bond acceptors (Lipinski definition) is 39. The summed E-state index contributed by atoms with van der Waals surface area (Å²) in [5, 5.41) is 42.9. The minimum absolute atomic E-state index is 0.00878. The summed E-state index contributed by atoms with van der Waals surface area (Å²) < 4.78 is 41.5. The molecule has 2 bridgehead atoms. The number of hydrogen-bond donors (Lipinski definition) is 11. The van der Waals surface area contributed by atoms with Crippen LogP contribution in [-0.4, -0.2) is 273 Å². The van der Waals surface area contributed by atoms with Crippen molar-refractivity contribution in [1.82, 2.24) is 40.8 Å². The number of aliphatic hydroxyl groups is 2. The number of fused-ring (bicyclic) bond motifs is 4. The number of ketones is 6. The number of cyclic esters (lactones) is 1. The molecule has 1 aromatic carbocycles. The van der Waals surface area contributed by atoms with Gasteiger partial charge in [0.2, 0.25) is 23.5 Å². The van der Waals surface area contributed by atoms with Crippen LogP contribution < -0.4 is 44.0 Å². The molecular weight excluding hydrogens is 1950 g/mol. The van der Waals surface area contributed by atoms with Gasteiger partial charge in [-0.05, 0) is 164 Å². The summed E-state index contributed by atoms with van der Waals surface area (Å²) in [4.78, 5) is 270. The molecule has 45 nitrogen and oxygen atoms in total. The highest BCUT2D eigenvalue weighted by Crippen LogP contribution is 2.39. The highest BCUT2D eigenvalue weighted by Gasteiger charge is 2.53. The number of rotatable bonds is 37. The van der Waals surface area contributed by atoms with Crippen LogP contribution in [-0.2, 0) is 131 Å². The first-order valence-electron chi connectivity index (χ1n) is 47.8. The van der Waals surface area contributed by atoms with Gasteiger partial charge in [-0.3, -0.25) is 62.7 Å². The van der Waals surface area contributed by atoms with Gasteiger partial charge in [0.15, 0.2) is 40.9 Å². The average molecular weight is 2090 g/mol. The van der Waals surface area contributed by atoms with Gasteiger partial charge in [0.05, 0.1) is 48.9 Å². The Morgan fingerprint density at radius 2 is 1.38 bits per heavy atom. The van der Waals surface area contributed by atoms with Gasteiger partial charge >= 0.3 is 42.7 Å². The topological polar surface area (TPSA) is 697 Å². The summed E-state index contributed by atoms with van der Waals surface area (Å²) in [6, 6.07) is 3.04. The molecule has 0 unspecified atom stereocenters. The normalized spacial score (nSPS) is 24.4. The Kier molecular flexibility index (Phi) is 61.6. The van der Waals surface area contributed by atoms with Gasteiger partial charge in [-0.15, -0.1) is 0 Å². The van der Waals surface area contributed by atoms with Crippen molar-refractivity contribution in [3.8, 4) is 0 Å². The van der Waals surface area contributed by atoms with Crippen molar-refractivity contribution in [3.05, 3.63) is 99.7 Å². The van der Waals surface area contributed by atoms with Crippen molar-refractivity contribution in [2.45, 2.75) is 278 Å². The maximum atomic E-state index is 14.7. The fraction of sp³-hybridized carbons (Fsp3) is 0.616. The number of carboxylic acids is 1. The highest BCUT2D eigenvalue weighted by atomic mass is 33.1. The zero-order valence-electron chi connectivity index (χ0n) is 85.2. The van der Waals surface area contributed by atoms with E-state index in [-0.39, 0.29) is 183 Å². The Labute approximate surface area is 854 Å². The van der Waals surface area contributed by atoms with Crippen molar-refractivity contribution in [3.63, 3.8) is 0 Å². The first-order chi connectivity index (χ1) is 69.2. The number of guanidine groups is 1. The third-order valence-electron chi connectivity index (χ3n) is 24.9. The van der Waals surface area contributed by atoms with E-state index in [2.05, 4.69) is 46.2 Å². The molecule has 2 saturated heterocycles. The molecule has 14 N–H and O–H groups in total. The highest BCUT2D eigenvalue weighted by molar-refractivity contribution is 8.76. The van der Waals surface area contributed by atoms with Crippen molar-refractivity contribution in [2.24, 2.45) is 69.7 Å². The number of esters is 1. The quantitative estimate of drug-likeness (QED) is 0.00541. The first kappa shape index (κ1) is 129. The van der Waals surface area contributed by atoms with E-state index in [1.54, 1.807) is 87.8 Å². The van der Waals surface area contributed by atoms with E-state index in [9.17, 15) is 82.4 Å². The van der Waals surface area contributed by atoms with Crippen LogP contribution in [0, 0.1) is 53.3 Å². The minimum atomic E-state index is -2.49. The average Bonchev–Trinajstić information content (AvgIpc) is 0.770. The van der Waals surface area contributed by atoms with Crippen molar-refractivity contribution in [2.75, 3.05) is 70.6 Å². The molecule has 3 fully saturated rings. The summed E-state index contributed by atoms with van der Waals surface area (Å²) in [6.45, 7) is 19.7. The zero-order valence-corrected chi connectivity index (χ0v) is 86.8. The van der Waals surface area contributed by atoms with E-state index in [0.717, 1.165) is 10.5 Å². The molecule has 47 heteroatoms. The van der Waals surface area contributed by atoms with E-state index >= 15 is 0 Å². The summed E-state index contributed by atoms with van der Waals surface area (Å²) >= 11 is 0. The minimum Gasteiger partial charge on any atom is -0.480 e. The molecule has 146 heavy (non-hydrogen) atoms. The van der Waals surface area contributed by atoms with Crippen molar-refractivity contribution < 1.29 is 149 Å². The molecule has 5 heterocycles. The second-order valence-electron chi connectivity index (χ2n) is 36.1. The van der Waals surface area contributed by atoms with E-state index in [4.69, 9.17) is 88.7 Å². The zero-order chi connectivity index (χ0) is 110. The number of nitrogens with zero attached hydrogens (tertiary/aromatic N) is 5. The predicted molar refractivity (Wildman–Crippen MR) is 527 cm³/mol. The van der Waals surface area contributed by atoms with E-state index in [1.807, 2.05) is 51.2 Å². The van der Waals surface area contributed by atoms with Crippen LogP contribution in [0.4, 0.5) is 16.4 Å². The van der Waals surface area contributed by atoms with E-state index in [1.165, 1.54) is 54.1 Å². The first-order valence-corrected chi connectivity index (χ1v) is 50.3. The lowest BCUT2D eigenvalue weighted by molar-refractivity contribution is -0.265. The summed E-state index contributed by atoms with van der Waals surface area (Å²) in [6.07, 6.45) is 12.9. The SMILES string of the molecule is CNC(=O)[C@H](C)CC(=O)CC[C@H](NC(=O)c1ccc(NCc2cnc3nc(N)[nH]c(=O)c3n2)cc1)C(=O)O.CO[C@H]1C[C@@H]2CC[C@@H](C)[C@@](O)(O2)C(=O)C(=O)N2CCCC[C@H]2C(=O)O[C@H]([C@H](C)C[C@@H]2CC[C@@H](O)[C@H](OC)C2)CC(=O)[C@H](C)/C=C(\C)[C@@H](OC(=O)OCCSSCCCC(=O)[C@H](C)NC(=O)[C@H](C)CC(=O)[C@@H](C)CCCN=C(N)N)[C@@H](OC)C(=O)[C@H](C)C[C@H](C)/C=C/C=C/C=C/1C.O=C=O.O=C=O.O=C=O.O=C=O. The number of methoxy groups -OCH3 is 3. The molecule has 0 spiro atoms. The molecule has 7 rings (SSSR count). The molecule has 4 amide bonds. The van der Waals surface area contributed by atoms with Gasteiger partial charge in [0.1, 0.15) is 42.1 Å². The largest absolute Gasteiger partial charge is 0.509 e. The van der Waals surface area contributed by atoms with E-state index < -0.39 is 143 Å². The molecule has 0 radical (unpaired) electrons. The van der Waals surface area contributed by atoms with Crippen LogP contribution in [0.2, 0.25) is 0 Å². The van der Waals surface area contributed by atoms with Gasteiger partial charge in [-0.2, -0.15) is 43.3 Å². The summed E-state index contributed by atoms with van der Waals surface area (Å²) in [7, 11) is 8.80. The number of aromatic nitrogens is 4. The number of ether oxygens (including phenoxy) is 7. The maximum absolute atomic E-state index is 14.7. The van der Waals surface area contributed by atoms with Crippen molar-refractivity contribution >= 4 is 151 Å². The molecule has 3 aliphatic heterocycles. The molecule has 2 aromatic heterocycles. The van der Waals surface area contributed by atoms with Crippen LogP contribution >= 0.6 is 21.6 Å². The number of carbonyl (C=O) groups is 13. The molecule has 4 aliphatic rings. The van der Waals surface area contributed by atoms with Gasteiger partial charge in [-0.25, -0.2) is 24.4 Å². The van der Waals surface area contributed by atoms with Crippen LogP contribution in [0.25, 0.3) is 11.2 Å². The second kappa shape index (κ2) is 69.4. The Balaban J connectivity index is 0.00000118. The standard InChI is InChI=1S/C71H113N5O18S2.C24H28N8O6.4CO2/c1-42-21-15-14-16-22-44(3)59(88-11)40-53-28-26-50(9)71(87,94-53)65(82)67(84)76-31-18-17-24-54(76)68(85)92-60(46(5)37-52-27-29-56(78)61(39-52)89-12)41-58(80)45(4)36-48(7)63(64(90-13)62(81)47(6)35-42)93-70(86)91-32-34-96-95-33-20-25-55(77)51(10)75-66(83)49(8)38-57(79)43(2)23-19-30-74-69(72)73;1-12(20(34)26-2)9-16(33)7-8-17(23(37)38)30-21(35)13-3-5-14(6-4-13)27-10-15-11-28-19-18(29-15)22(36)32-24(25)31-19;4*2-1-3/h14-16,21-22,36,42-43,45-47,49-54,56,59-61,63-64,78,87H,17-20,23-35,37-41H2,1-13H3,(H,75,83)(H4,72,73,74);3-6,11-12,17,27H,7-10H2,1-2H3,(H,26,34)(H,30,35)(H,37,38)(H3,25,28,31,32,36);;;;/b16-14+,21-15+,44-22+,48-36+;;;;;/t42-,43+,45-,46-,47-,49-,50-,51+,52+,53+,54+,56-,59+,60+,61-,63-,64+,71-;12-,17+;;;;/m11..../s1. The predicted octanol–water partition coefficient (Wildman–Crippen LogP) is 6.74. The van der Waals surface area contributed by atoms with Crippen molar-refractivity contribution in [1.29, 1.82) is 0 Å². The Morgan fingerprint density at radius 1 is 0.726 bits per heavy atom. The fourth-order valence-electron chi connectivity index (χ4n) is 16.6. The number of nitrogens with two attached hydrogens (primary N) is 3. The number of aliphatic imine (C=N–C) groups is 1. The van der Waals surface area contributed by atoms with Gasteiger partial charge in [0, 0.05) is 138 Å². The fourth-order valence-corrected chi connectivity index (χ4v) is 18.5. The monoisotopic (exact) mass is 2090 g/mol. The smallest absolute Gasteiger partial charge is 0.480 e. The summed E-state index contributed by atoms with van der Waals surface area (Å²) in [5.74, 6) is -12.6. The lowest BCUT2D eigenvalue weighted by atomic mass is 9.78. The number of nitrogen functional groups attached to an aromatic ring is 1. The molecule has 1 saturated carbocycles. The lowest BCUT2D eigenvalue weighted by Gasteiger charge is -2.42. The Bertz CT molecular complexity index is 5090. The Morgan fingerprint density at radius 3 is 2.00 bits per heavy atom. The molecule has 1 aliphatic carbocycles. The third kappa shape index (κ3) is 46.0. The summed E-state index contributed by atoms with van der Waals surface area (Å²) in [5.41, 5.74) is 18.4. The number of amides is 4. The number of carbonyl (C=O) groups excluding carboxylic acids is 20. The van der Waals surface area contributed by atoms with Gasteiger partial charge < -0.3 is 91.8 Å². The number of anilines is 2. The lowest BCUT2D eigenvalue weighted by Crippen LogP contribution is -2.61. The number of carboxylic acid groups (broad SMARTS) is 1. The number of benzene rings is 1. The molecule has 806 valence electrons. The Hall–Kier alpha value is -12.6. The van der Waals surface area contributed by atoms with Gasteiger partial charge in [-0.1, -0.05) is 113 Å². The number of nitrogens with one attached hydrogen (secondary N) is 5. The number of piperidine rings is 1. The maximum Gasteiger partial charge on any atom is 0.509 e. The molecule has 20 atom stereocenters. The number of aliphatic carboxylic acids is 1. The van der Waals surface area contributed by atoms with Crippen LogP contribution in [0.3, 0.4) is 0 Å². The number of H-pyrrole nitrogens is 1. The van der Waals surface area contributed by atoms with Crippen LogP contribution in [0.1, 0.15) is 221 Å². The van der Waals surface area contributed by atoms with Gasteiger partial charge in [0.25, 0.3) is 23.2 Å². The number of allylic oxidation sites excluding steroid dienone is 6. The number of aromatic amines is 1. The van der Waals surface area contributed by atoms with Crippen LogP contribution in [0.5, 0.6) is 0 Å². The molecular formula is C99H141N13O32S2. The number of aliphatic hydroxyl groups excluding tert-OH is 1. The molecule has 3 aromatic rings. The second-order valence-corrected chi connectivity index (χ2v) is 38.8. The third-order valence-corrected chi connectivity index (χ3v) is 27.3. The number of Topliss-reactive ketones (excluding diaryl/α,β-unsaturated/α-hetero) is 6. The van der Waals surface area contributed by atoms with Crippen LogP contribution in [0.15, 0.2) is 87.9 Å². The van der Waals surface area contributed by atoms with E-state index in [0.29, 0.717) is 112 Å².